The van der Waals surface area contributed by atoms with E-state index in [-0.39, 0.29) is 24.3 Å². The maximum Gasteiger partial charge on any atom is 0.306 e. The van der Waals surface area contributed by atoms with Crippen LogP contribution in [0.3, 0.4) is 0 Å². The van der Waals surface area contributed by atoms with Crippen LogP contribution in [0, 0.1) is 19.8 Å². The van der Waals surface area contributed by atoms with Crippen LogP contribution in [0.25, 0.3) is 5.69 Å². The molecule has 1 aromatic carbocycles. The van der Waals surface area contributed by atoms with Gasteiger partial charge in [0.1, 0.15) is 0 Å². The maximum absolute atomic E-state index is 12.4. The fourth-order valence-corrected chi connectivity index (χ4v) is 3.53. The van der Waals surface area contributed by atoms with Crippen molar-refractivity contribution in [3.05, 3.63) is 47.3 Å². The largest absolute Gasteiger partial charge is 0.481 e. The number of carbonyl (C=O) groups excluding carboxylic acids is 1. The van der Waals surface area contributed by atoms with Crippen LogP contribution in [0.4, 0.5) is 0 Å². The standard InChI is InChI=1S/C19H23N3O3/c1-12-17(13(2)22(21-12)16-6-4-3-5-7-16)11-18(23)20-15-9-8-14(10-15)19(24)25/h3-7,14-15H,8-11H2,1-2H3,(H,20,23)(H,24,25)/t14-,15+/m0/s1. The Bertz CT molecular complexity index is 783. The number of aryl methyl sites for hydroxylation is 1. The van der Waals surface area contributed by atoms with Gasteiger partial charge in [0.25, 0.3) is 0 Å². The van der Waals surface area contributed by atoms with E-state index < -0.39 is 5.97 Å². The number of carbonyl (C=O) groups is 2. The monoisotopic (exact) mass is 341 g/mol. The van der Waals surface area contributed by atoms with Gasteiger partial charge in [0.2, 0.25) is 5.91 Å². The van der Waals surface area contributed by atoms with Crippen LogP contribution in [0.15, 0.2) is 30.3 Å². The van der Waals surface area contributed by atoms with Gasteiger partial charge in [-0.2, -0.15) is 5.10 Å². The van der Waals surface area contributed by atoms with Crippen LogP contribution < -0.4 is 5.32 Å². The lowest BCUT2D eigenvalue weighted by atomic mass is 10.1. The molecule has 0 aliphatic heterocycles. The van der Waals surface area contributed by atoms with Crippen LogP contribution in [0.1, 0.15) is 36.2 Å². The molecule has 6 nitrogen and oxygen atoms in total. The zero-order valence-corrected chi connectivity index (χ0v) is 14.5. The lowest BCUT2D eigenvalue weighted by Gasteiger charge is -2.12. The lowest BCUT2D eigenvalue weighted by Crippen LogP contribution is -2.34. The first kappa shape index (κ1) is 17.2. The first-order valence-electron chi connectivity index (χ1n) is 8.58. The Hall–Kier alpha value is -2.63. The van der Waals surface area contributed by atoms with Gasteiger partial charge in [-0.05, 0) is 45.2 Å². The summed E-state index contributed by atoms with van der Waals surface area (Å²) >= 11 is 0. The molecule has 1 aliphatic carbocycles. The van der Waals surface area contributed by atoms with Gasteiger partial charge in [0.15, 0.2) is 0 Å². The summed E-state index contributed by atoms with van der Waals surface area (Å²) in [6.07, 6.45) is 2.13. The number of para-hydroxylation sites is 1. The highest BCUT2D eigenvalue weighted by Gasteiger charge is 2.30. The van der Waals surface area contributed by atoms with Crippen molar-refractivity contribution < 1.29 is 14.7 Å². The molecule has 1 aromatic heterocycles. The van der Waals surface area contributed by atoms with E-state index in [2.05, 4.69) is 10.4 Å². The smallest absolute Gasteiger partial charge is 0.306 e. The van der Waals surface area contributed by atoms with Crippen molar-refractivity contribution in [2.24, 2.45) is 5.92 Å². The third-order valence-electron chi connectivity index (χ3n) is 4.93. The highest BCUT2D eigenvalue weighted by molar-refractivity contribution is 5.79. The molecule has 3 rings (SSSR count). The second-order valence-corrected chi connectivity index (χ2v) is 6.69. The van der Waals surface area contributed by atoms with Gasteiger partial charge in [-0.25, -0.2) is 4.68 Å². The van der Waals surface area contributed by atoms with Crippen molar-refractivity contribution in [3.8, 4) is 5.69 Å². The number of carboxylic acid groups (broad SMARTS) is 1. The molecule has 0 unspecified atom stereocenters. The number of carboxylic acids is 1. The zero-order valence-electron chi connectivity index (χ0n) is 14.5. The summed E-state index contributed by atoms with van der Waals surface area (Å²) in [5.41, 5.74) is 3.68. The number of nitrogens with one attached hydrogen (secondary N) is 1. The number of nitrogens with zero attached hydrogens (tertiary/aromatic N) is 2. The lowest BCUT2D eigenvalue weighted by molar-refractivity contribution is -0.141. The fourth-order valence-electron chi connectivity index (χ4n) is 3.53. The molecule has 2 aromatic rings. The van der Waals surface area contributed by atoms with Gasteiger partial charge in [0, 0.05) is 17.3 Å². The Kier molecular flexibility index (Phi) is 4.88. The summed E-state index contributed by atoms with van der Waals surface area (Å²) in [6.45, 7) is 3.87. The van der Waals surface area contributed by atoms with Crippen molar-refractivity contribution in [1.82, 2.24) is 15.1 Å². The van der Waals surface area contributed by atoms with Crippen molar-refractivity contribution in [1.29, 1.82) is 0 Å². The van der Waals surface area contributed by atoms with E-state index in [1.54, 1.807) is 0 Å². The number of rotatable bonds is 5. The average Bonchev–Trinajstić information content (AvgIpc) is 3.16. The van der Waals surface area contributed by atoms with Gasteiger partial charge in [-0.3, -0.25) is 9.59 Å². The minimum Gasteiger partial charge on any atom is -0.481 e. The number of hydrogen-bond donors (Lipinski definition) is 2. The average molecular weight is 341 g/mol. The Labute approximate surface area is 146 Å². The van der Waals surface area contributed by atoms with Crippen LogP contribution in [-0.4, -0.2) is 32.8 Å². The van der Waals surface area contributed by atoms with Crippen molar-refractivity contribution in [2.45, 2.75) is 45.6 Å². The van der Waals surface area contributed by atoms with Gasteiger partial charge >= 0.3 is 5.97 Å². The quantitative estimate of drug-likeness (QED) is 0.875. The Morgan fingerprint density at radius 3 is 2.60 bits per heavy atom. The molecule has 1 amide bonds. The van der Waals surface area contributed by atoms with E-state index in [0.717, 1.165) is 29.1 Å². The SMILES string of the molecule is Cc1nn(-c2ccccc2)c(C)c1CC(=O)N[C@@H]1CC[C@H](C(=O)O)C1. The summed E-state index contributed by atoms with van der Waals surface area (Å²) in [7, 11) is 0. The molecule has 2 atom stereocenters. The highest BCUT2D eigenvalue weighted by atomic mass is 16.4. The van der Waals surface area contributed by atoms with Gasteiger partial charge in [-0.1, -0.05) is 18.2 Å². The summed E-state index contributed by atoms with van der Waals surface area (Å²) < 4.78 is 1.86. The van der Waals surface area contributed by atoms with Crippen LogP contribution in [0.2, 0.25) is 0 Å². The van der Waals surface area contributed by atoms with Crippen molar-refractivity contribution >= 4 is 11.9 Å². The van der Waals surface area contributed by atoms with Crippen LogP contribution in [-0.2, 0) is 16.0 Å². The topological polar surface area (TPSA) is 84.2 Å². The first-order chi connectivity index (χ1) is 12.0. The summed E-state index contributed by atoms with van der Waals surface area (Å²) in [6, 6.07) is 9.78. The number of benzene rings is 1. The fraction of sp³-hybridized carbons (Fsp3) is 0.421. The molecule has 1 aliphatic rings. The number of aliphatic carboxylic acids is 1. The second kappa shape index (κ2) is 7.09. The molecule has 132 valence electrons. The molecule has 1 fully saturated rings. The minimum atomic E-state index is -0.771. The maximum atomic E-state index is 12.4. The molecule has 0 bridgehead atoms. The van der Waals surface area contributed by atoms with Gasteiger partial charge in [-0.15, -0.1) is 0 Å². The predicted octanol–water partition coefficient (Wildman–Crippen LogP) is 2.40. The van der Waals surface area contributed by atoms with E-state index in [9.17, 15) is 9.59 Å². The molecular weight excluding hydrogens is 318 g/mol. The molecule has 1 heterocycles. The normalized spacial score (nSPS) is 19.8. The molecule has 1 saturated carbocycles. The molecular formula is C19H23N3O3. The zero-order chi connectivity index (χ0) is 18.0. The van der Waals surface area contributed by atoms with Crippen molar-refractivity contribution in [3.63, 3.8) is 0 Å². The van der Waals surface area contributed by atoms with E-state index in [1.165, 1.54) is 0 Å². The van der Waals surface area contributed by atoms with Crippen molar-refractivity contribution in [2.75, 3.05) is 0 Å². The number of amides is 1. The Morgan fingerprint density at radius 2 is 1.96 bits per heavy atom. The summed E-state index contributed by atoms with van der Waals surface area (Å²) in [5, 5.41) is 16.6. The van der Waals surface area contributed by atoms with Crippen LogP contribution in [0.5, 0.6) is 0 Å². The third-order valence-corrected chi connectivity index (χ3v) is 4.93. The number of aromatic nitrogens is 2. The molecule has 25 heavy (non-hydrogen) atoms. The highest BCUT2D eigenvalue weighted by Crippen LogP contribution is 2.26. The number of hydrogen-bond acceptors (Lipinski definition) is 3. The second-order valence-electron chi connectivity index (χ2n) is 6.69. The Balaban J connectivity index is 1.68. The molecule has 0 radical (unpaired) electrons. The van der Waals surface area contributed by atoms with E-state index >= 15 is 0 Å². The third kappa shape index (κ3) is 3.73. The minimum absolute atomic E-state index is 0.0432. The summed E-state index contributed by atoms with van der Waals surface area (Å²) in [5.74, 6) is -1.18. The van der Waals surface area contributed by atoms with E-state index in [0.29, 0.717) is 12.8 Å². The van der Waals surface area contributed by atoms with Gasteiger partial charge < -0.3 is 10.4 Å². The molecule has 2 N–H and O–H groups in total. The molecule has 6 heteroatoms. The first-order valence-corrected chi connectivity index (χ1v) is 8.58. The van der Waals surface area contributed by atoms with Crippen LogP contribution >= 0.6 is 0 Å². The van der Waals surface area contributed by atoms with Gasteiger partial charge in [0.05, 0.1) is 23.7 Å². The molecule has 0 saturated heterocycles. The summed E-state index contributed by atoms with van der Waals surface area (Å²) in [4.78, 5) is 23.4. The van der Waals surface area contributed by atoms with E-state index in [4.69, 9.17) is 5.11 Å². The van der Waals surface area contributed by atoms with E-state index in [1.807, 2.05) is 48.9 Å². The predicted molar refractivity (Wildman–Crippen MR) is 93.6 cm³/mol. The molecule has 0 spiro atoms. The Morgan fingerprint density at radius 1 is 1.24 bits per heavy atom.